The fraction of sp³-hybridized carbons (Fsp3) is 0.667. The van der Waals surface area contributed by atoms with Gasteiger partial charge >= 0.3 is 0 Å². The lowest BCUT2D eigenvalue weighted by Gasteiger charge is -2.34. The summed E-state index contributed by atoms with van der Waals surface area (Å²) in [6.07, 6.45) is 6.28. The second kappa shape index (κ2) is 7.12. The molecule has 1 atom stereocenters. The lowest BCUT2D eigenvalue weighted by molar-refractivity contribution is 0.318. The van der Waals surface area contributed by atoms with Crippen LogP contribution in [0.2, 0.25) is 0 Å². The fourth-order valence-electron chi connectivity index (χ4n) is 3.00. The van der Waals surface area contributed by atoms with E-state index in [1.54, 1.807) is 0 Å². The highest BCUT2D eigenvalue weighted by molar-refractivity contribution is 5.55. The number of benzene rings is 1. The molecule has 1 fully saturated rings. The quantitative estimate of drug-likeness (QED) is 0.817. The molecule has 0 bridgehead atoms. The third-order valence-corrected chi connectivity index (χ3v) is 4.67. The topological polar surface area (TPSA) is 29.3 Å². The van der Waals surface area contributed by atoms with Crippen molar-refractivity contribution in [3.63, 3.8) is 0 Å². The van der Waals surface area contributed by atoms with Gasteiger partial charge in [-0.1, -0.05) is 31.0 Å². The summed E-state index contributed by atoms with van der Waals surface area (Å²) in [5, 5.41) is 0. The summed E-state index contributed by atoms with van der Waals surface area (Å²) in [4.78, 5) is 2.56. The molecule has 0 radical (unpaired) electrons. The molecule has 0 heterocycles. The van der Waals surface area contributed by atoms with E-state index in [2.05, 4.69) is 43.9 Å². The van der Waals surface area contributed by atoms with E-state index in [0.717, 1.165) is 25.3 Å². The molecule has 2 heteroatoms. The molecule has 0 spiro atoms. The van der Waals surface area contributed by atoms with Crippen molar-refractivity contribution in [1.82, 2.24) is 0 Å². The van der Waals surface area contributed by atoms with E-state index < -0.39 is 0 Å². The van der Waals surface area contributed by atoms with Crippen molar-refractivity contribution < 1.29 is 0 Å². The van der Waals surface area contributed by atoms with Crippen molar-refractivity contribution in [3.05, 3.63) is 29.3 Å². The summed E-state index contributed by atoms with van der Waals surface area (Å²) < 4.78 is 0. The molecule has 2 N–H and O–H groups in total. The van der Waals surface area contributed by atoms with Crippen LogP contribution >= 0.6 is 0 Å². The van der Waals surface area contributed by atoms with Gasteiger partial charge in [-0.15, -0.1) is 0 Å². The highest BCUT2D eigenvalue weighted by atomic mass is 15.1. The number of hydrogen-bond donors (Lipinski definition) is 1. The predicted molar refractivity (Wildman–Crippen MR) is 88.4 cm³/mol. The van der Waals surface area contributed by atoms with E-state index in [1.807, 2.05) is 0 Å². The summed E-state index contributed by atoms with van der Waals surface area (Å²) in [5.74, 6) is 0.906. The molecule has 0 amide bonds. The van der Waals surface area contributed by atoms with E-state index in [1.165, 1.54) is 42.6 Å². The van der Waals surface area contributed by atoms with E-state index >= 15 is 0 Å². The van der Waals surface area contributed by atoms with E-state index in [0.29, 0.717) is 0 Å². The number of nitrogens with two attached hydrogens (primary N) is 1. The van der Waals surface area contributed by atoms with Gasteiger partial charge in [0, 0.05) is 24.8 Å². The molecule has 1 unspecified atom stereocenters. The number of anilines is 1. The van der Waals surface area contributed by atoms with Crippen LogP contribution in [0.15, 0.2) is 18.2 Å². The van der Waals surface area contributed by atoms with Gasteiger partial charge in [-0.25, -0.2) is 0 Å². The van der Waals surface area contributed by atoms with Gasteiger partial charge in [0.05, 0.1) is 0 Å². The third-order valence-electron chi connectivity index (χ3n) is 4.67. The first-order valence-electron chi connectivity index (χ1n) is 8.24. The third kappa shape index (κ3) is 3.76. The second-order valence-electron chi connectivity index (χ2n) is 6.34. The summed E-state index contributed by atoms with van der Waals surface area (Å²) in [7, 11) is 0. The zero-order valence-electron chi connectivity index (χ0n) is 13.4. The first kappa shape index (κ1) is 15.4. The van der Waals surface area contributed by atoms with E-state index in [-0.39, 0.29) is 6.04 Å². The van der Waals surface area contributed by atoms with Gasteiger partial charge in [-0.3, -0.25) is 0 Å². The Labute approximate surface area is 124 Å². The summed E-state index contributed by atoms with van der Waals surface area (Å²) in [6, 6.07) is 7.14. The van der Waals surface area contributed by atoms with Crippen LogP contribution in [-0.2, 0) is 6.42 Å². The van der Waals surface area contributed by atoms with Crippen molar-refractivity contribution in [2.45, 2.75) is 58.9 Å². The predicted octanol–water partition coefficient (Wildman–Crippen LogP) is 3.90. The molecule has 1 aliphatic carbocycles. The lowest BCUT2D eigenvalue weighted by atomic mass is 9.85. The molecule has 1 aliphatic rings. The minimum atomic E-state index is 0.276. The minimum absolute atomic E-state index is 0.276. The van der Waals surface area contributed by atoms with Crippen LogP contribution in [0.1, 0.15) is 50.7 Å². The zero-order chi connectivity index (χ0) is 14.5. The summed E-state index contributed by atoms with van der Waals surface area (Å²) >= 11 is 0. The highest BCUT2D eigenvalue weighted by Crippen LogP contribution is 2.31. The van der Waals surface area contributed by atoms with E-state index in [4.69, 9.17) is 5.73 Å². The van der Waals surface area contributed by atoms with Gasteiger partial charge in [0.25, 0.3) is 0 Å². The lowest BCUT2D eigenvalue weighted by Crippen LogP contribution is -2.33. The van der Waals surface area contributed by atoms with Crippen LogP contribution in [-0.4, -0.2) is 19.1 Å². The van der Waals surface area contributed by atoms with Crippen molar-refractivity contribution in [3.8, 4) is 0 Å². The standard InChI is InChI=1S/C18H30N2/c1-4-17(19)12-16-11-14(3)9-10-18(16)20(5-2)13-15-7-6-8-15/h9-11,15,17H,4-8,12-13,19H2,1-3H3. The molecular weight excluding hydrogens is 244 g/mol. The average molecular weight is 274 g/mol. The van der Waals surface area contributed by atoms with Gasteiger partial charge in [0.15, 0.2) is 0 Å². The Balaban J connectivity index is 2.18. The van der Waals surface area contributed by atoms with Crippen LogP contribution in [0.5, 0.6) is 0 Å². The Kier molecular flexibility index (Phi) is 5.47. The monoisotopic (exact) mass is 274 g/mol. The van der Waals surface area contributed by atoms with Gasteiger partial charge < -0.3 is 10.6 Å². The molecule has 20 heavy (non-hydrogen) atoms. The molecule has 0 aliphatic heterocycles. The summed E-state index contributed by atoms with van der Waals surface area (Å²) in [5.41, 5.74) is 10.4. The maximum Gasteiger partial charge on any atom is 0.0399 e. The average Bonchev–Trinajstić information content (AvgIpc) is 2.39. The maximum absolute atomic E-state index is 6.19. The second-order valence-corrected chi connectivity index (χ2v) is 6.34. The van der Waals surface area contributed by atoms with Crippen molar-refractivity contribution in [2.75, 3.05) is 18.0 Å². The number of nitrogens with zero attached hydrogens (tertiary/aromatic N) is 1. The molecule has 112 valence electrons. The van der Waals surface area contributed by atoms with Crippen molar-refractivity contribution in [2.24, 2.45) is 11.7 Å². The highest BCUT2D eigenvalue weighted by Gasteiger charge is 2.21. The first-order chi connectivity index (χ1) is 9.63. The van der Waals surface area contributed by atoms with Crippen molar-refractivity contribution >= 4 is 5.69 Å². The fourth-order valence-corrected chi connectivity index (χ4v) is 3.00. The Morgan fingerprint density at radius 1 is 1.30 bits per heavy atom. The Bertz CT molecular complexity index is 423. The molecule has 1 saturated carbocycles. The van der Waals surface area contributed by atoms with Crippen LogP contribution in [0, 0.1) is 12.8 Å². The van der Waals surface area contributed by atoms with Gasteiger partial charge in [-0.2, -0.15) is 0 Å². The minimum Gasteiger partial charge on any atom is -0.371 e. The van der Waals surface area contributed by atoms with Crippen molar-refractivity contribution in [1.29, 1.82) is 0 Å². The molecule has 2 rings (SSSR count). The molecule has 2 nitrogen and oxygen atoms in total. The Morgan fingerprint density at radius 2 is 2.05 bits per heavy atom. The largest absolute Gasteiger partial charge is 0.371 e. The zero-order valence-corrected chi connectivity index (χ0v) is 13.4. The number of rotatable bonds is 7. The van der Waals surface area contributed by atoms with Crippen LogP contribution < -0.4 is 10.6 Å². The molecule has 0 aromatic heterocycles. The first-order valence-corrected chi connectivity index (χ1v) is 8.24. The Morgan fingerprint density at radius 3 is 2.60 bits per heavy atom. The van der Waals surface area contributed by atoms with Crippen LogP contribution in [0.25, 0.3) is 0 Å². The van der Waals surface area contributed by atoms with Gasteiger partial charge in [0.2, 0.25) is 0 Å². The Hall–Kier alpha value is -1.02. The van der Waals surface area contributed by atoms with Crippen LogP contribution in [0.4, 0.5) is 5.69 Å². The maximum atomic E-state index is 6.19. The van der Waals surface area contributed by atoms with E-state index in [9.17, 15) is 0 Å². The van der Waals surface area contributed by atoms with Gasteiger partial charge in [-0.05, 0) is 57.1 Å². The molecule has 1 aromatic rings. The number of hydrogen-bond acceptors (Lipinski definition) is 2. The molecule has 0 saturated heterocycles. The smallest absolute Gasteiger partial charge is 0.0399 e. The molecule has 1 aromatic carbocycles. The SMILES string of the molecule is CCC(N)Cc1cc(C)ccc1N(CC)CC1CCC1. The van der Waals surface area contributed by atoms with Gasteiger partial charge in [0.1, 0.15) is 0 Å². The molecular formula is C18H30N2. The van der Waals surface area contributed by atoms with Crippen LogP contribution in [0.3, 0.4) is 0 Å². The number of aryl methyl sites for hydroxylation is 1. The summed E-state index contributed by atoms with van der Waals surface area (Å²) in [6.45, 7) is 8.92. The normalized spacial score (nSPS) is 16.8.